The molecule has 8 atom stereocenters. The van der Waals surface area contributed by atoms with Crippen LogP contribution in [0.2, 0.25) is 0 Å². The second-order valence-electron chi connectivity index (χ2n) is 10.1. The van der Waals surface area contributed by atoms with Gasteiger partial charge in [-0.3, -0.25) is 9.59 Å². The quantitative estimate of drug-likeness (QED) is 0.543. The number of Topliss-reactive ketones (excluding diaryl/α,β-unsaturated/α-hetero) is 1. The molecule has 0 aromatic carbocycles. The second kappa shape index (κ2) is 5.90. The number of ketones is 1. The summed E-state index contributed by atoms with van der Waals surface area (Å²) in [6.45, 7) is 7.46. The third kappa shape index (κ3) is 2.57. The number of aliphatic hydroxyl groups is 2. The van der Waals surface area contributed by atoms with Gasteiger partial charge in [0.2, 0.25) is 0 Å². The summed E-state index contributed by atoms with van der Waals surface area (Å²) in [7, 11) is 0. The maximum Gasteiger partial charge on any atom is 0.302 e. The Labute approximate surface area is 161 Å². The van der Waals surface area contributed by atoms with Gasteiger partial charge in [-0.05, 0) is 43.9 Å². The lowest BCUT2D eigenvalue weighted by atomic mass is 9.46. The normalized spacial score (nSPS) is 51.7. The molecule has 0 aliphatic heterocycles. The maximum absolute atomic E-state index is 13.4. The van der Waals surface area contributed by atoms with Gasteiger partial charge in [0.1, 0.15) is 11.9 Å². The van der Waals surface area contributed by atoms with Crippen molar-refractivity contribution in [3.63, 3.8) is 0 Å². The molecule has 4 aliphatic carbocycles. The predicted molar refractivity (Wildman–Crippen MR) is 99.7 cm³/mol. The summed E-state index contributed by atoms with van der Waals surface area (Å²) < 4.78 is 5.42. The number of fused-ring (bicyclic) bond motifs is 5. The molecule has 0 amide bonds. The van der Waals surface area contributed by atoms with Gasteiger partial charge in [-0.2, -0.15) is 0 Å². The molecule has 4 rings (SSSR count). The van der Waals surface area contributed by atoms with Gasteiger partial charge in [-0.1, -0.05) is 25.5 Å². The van der Waals surface area contributed by atoms with Crippen molar-refractivity contribution in [2.45, 2.75) is 84.0 Å². The van der Waals surface area contributed by atoms with Crippen LogP contribution in [0.1, 0.15) is 66.2 Å². The Morgan fingerprint density at radius 2 is 1.93 bits per heavy atom. The third-order valence-corrected chi connectivity index (χ3v) is 8.68. The van der Waals surface area contributed by atoms with E-state index in [0.717, 1.165) is 24.8 Å². The van der Waals surface area contributed by atoms with Crippen molar-refractivity contribution in [1.29, 1.82) is 0 Å². The number of ether oxygens (including phenoxy) is 1. The number of esters is 1. The number of hydrogen-bond acceptors (Lipinski definition) is 5. The highest BCUT2D eigenvalue weighted by atomic mass is 16.5. The molecule has 0 aromatic rings. The van der Waals surface area contributed by atoms with Crippen molar-refractivity contribution in [1.82, 2.24) is 0 Å². The summed E-state index contributed by atoms with van der Waals surface area (Å²) in [5.41, 5.74) is -0.554. The van der Waals surface area contributed by atoms with Gasteiger partial charge in [0.25, 0.3) is 0 Å². The predicted octanol–water partition coefficient (Wildman–Crippen LogP) is 2.78. The molecule has 2 N–H and O–H groups in total. The summed E-state index contributed by atoms with van der Waals surface area (Å²) in [6, 6.07) is 0. The van der Waals surface area contributed by atoms with Crippen molar-refractivity contribution in [3.8, 4) is 0 Å². The monoisotopic (exact) mass is 376 g/mol. The molecular formula is C22H32O5. The largest absolute Gasteiger partial charge is 0.462 e. The number of carbonyl (C=O) groups excluding carboxylic acids is 2. The fourth-order valence-electron chi connectivity index (χ4n) is 6.98. The first-order valence-corrected chi connectivity index (χ1v) is 10.3. The van der Waals surface area contributed by atoms with Gasteiger partial charge in [0.05, 0.1) is 11.7 Å². The first-order valence-electron chi connectivity index (χ1n) is 10.3. The fourth-order valence-corrected chi connectivity index (χ4v) is 6.98. The maximum atomic E-state index is 13.4. The van der Waals surface area contributed by atoms with E-state index < -0.39 is 17.1 Å². The number of aliphatic hydroxyl groups excluding tert-OH is 1. The molecule has 0 bridgehead atoms. The molecule has 0 heterocycles. The minimum absolute atomic E-state index is 0.135. The zero-order valence-electron chi connectivity index (χ0n) is 16.8. The molecule has 0 aromatic heterocycles. The summed E-state index contributed by atoms with van der Waals surface area (Å²) in [4.78, 5) is 24.7. The van der Waals surface area contributed by atoms with Crippen molar-refractivity contribution < 1.29 is 24.5 Å². The van der Waals surface area contributed by atoms with E-state index in [2.05, 4.69) is 6.92 Å². The van der Waals surface area contributed by atoms with E-state index in [1.165, 1.54) is 6.92 Å². The van der Waals surface area contributed by atoms with Crippen molar-refractivity contribution in [3.05, 3.63) is 11.6 Å². The van der Waals surface area contributed by atoms with Crippen molar-refractivity contribution in [2.24, 2.45) is 28.6 Å². The van der Waals surface area contributed by atoms with Crippen LogP contribution in [0.3, 0.4) is 0 Å². The Bertz CT molecular complexity index is 709. The van der Waals surface area contributed by atoms with Gasteiger partial charge in [0, 0.05) is 37.0 Å². The Hall–Kier alpha value is -1.20. The lowest BCUT2D eigenvalue weighted by Crippen LogP contribution is -2.60. The Balaban J connectivity index is 1.71. The zero-order chi connectivity index (χ0) is 19.8. The number of carbonyl (C=O) groups is 2. The molecule has 4 aliphatic rings. The van der Waals surface area contributed by atoms with Crippen LogP contribution in [0, 0.1) is 28.6 Å². The topological polar surface area (TPSA) is 83.8 Å². The van der Waals surface area contributed by atoms with E-state index in [1.807, 2.05) is 19.9 Å². The molecule has 27 heavy (non-hydrogen) atoms. The molecule has 0 spiro atoms. The van der Waals surface area contributed by atoms with E-state index in [0.29, 0.717) is 19.3 Å². The second-order valence-corrected chi connectivity index (χ2v) is 10.1. The molecule has 0 saturated heterocycles. The number of hydrogen-bond donors (Lipinski definition) is 2. The highest BCUT2D eigenvalue weighted by molar-refractivity contribution is 5.85. The average molecular weight is 376 g/mol. The van der Waals surface area contributed by atoms with Crippen LogP contribution in [0.15, 0.2) is 11.6 Å². The molecule has 3 saturated carbocycles. The van der Waals surface area contributed by atoms with Gasteiger partial charge in [0.15, 0.2) is 0 Å². The van der Waals surface area contributed by atoms with Crippen LogP contribution in [0.25, 0.3) is 0 Å². The van der Waals surface area contributed by atoms with Gasteiger partial charge in [-0.25, -0.2) is 0 Å². The first kappa shape index (κ1) is 19.1. The van der Waals surface area contributed by atoms with E-state index in [9.17, 15) is 19.8 Å². The van der Waals surface area contributed by atoms with Crippen molar-refractivity contribution >= 4 is 11.8 Å². The minimum Gasteiger partial charge on any atom is -0.462 e. The number of rotatable bonds is 1. The average Bonchev–Trinajstić information content (AvgIpc) is 2.78. The highest BCUT2D eigenvalue weighted by Crippen LogP contribution is 2.66. The summed E-state index contributed by atoms with van der Waals surface area (Å²) in [5, 5.41) is 22.0. The van der Waals surface area contributed by atoms with E-state index >= 15 is 0 Å². The van der Waals surface area contributed by atoms with Gasteiger partial charge >= 0.3 is 5.97 Å². The third-order valence-electron chi connectivity index (χ3n) is 8.68. The molecule has 0 radical (unpaired) electrons. The van der Waals surface area contributed by atoms with Crippen molar-refractivity contribution in [2.75, 3.05) is 0 Å². The molecule has 5 heteroatoms. The van der Waals surface area contributed by atoms with E-state index in [4.69, 9.17) is 4.74 Å². The minimum atomic E-state index is -0.865. The molecule has 3 fully saturated rings. The van der Waals surface area contributed by atoms with Crippen LogP contribution >= 0.6 is 0 Å². The highest BCUT2D eigenvalue weighted by Gasteiger charge is 2.66. The Morgan fingerprint density at radius 1 is 1.22 bits per heavy atom. The summed E-state index contributed by atoms with van der Waals surface area (Å²) >= 11 is 0. The van der Waals surface area contributed by atoms with Gasteiger partial charge in [-0.15, -0.1) is 0 Å². The summed E-state index contributed by atoms with van der Waals surface area (Å²) in [5.74, 6) is -0.303. The van der Waals surface area contributed by atoms with Crippen LogP contribution in [0.4, 0.5) is 0 Å². The van der Waals surface area contributed by atoms with E-state index in [1.54, 1.807) is 0 Å². The molecule has 150 valence electrons. The van der Waals surface area contributed by atoms with Crippen LogP contribution in [-0.4, -0.2) is 39.8 Å². The zero-order valence-corrected chi connectivity index (χ0v) is 16.8. The molecular weight excluding hydrogens is 344 g/mol. The van der Waals surface area contributed by atoms with Crippen LogP contribution in [0.5, 0.6) is 0 Å². The van der Waals surface area contributed by atoms with E-state index in [-0.39, 0.29) is 41.0 Å². The van der Waals surface area contributed by atoms with Gasteiger partial charge < -0.3 is 14.9 Å². The molecule has 5 nitrogen and oxygen atoms in total. The SMILES string of the molecule is CC(=O)OC1CCC2(C)C(=CC(O)C3C2C(=O)CC2(C)C3CC[C@]2(C)O)C1. The summed E-state index contributed by atoms with van der Waals surface area (Å²) in [6.07, 6.45) is 5.14. The lowest BCUT2D eigenvalue weighted by Gasteiger charge is -2.58. The fraction of sp³-hybridized carbons (Fsp3) is 0.818. The Kier molecular flexibility index (Phi) is 4.18. The molecule has 7 unspecified atom stereocenters. The lowest BCUT2D eigenvalue weighted by molar-refractivity contribution is -0.166. The van der Waals surface area contributed by atoms with Crippen LogP contribution in [-0.2, 0) is 14.3 Å². The smallest absolute Gasteiger partial charge is 0.302 e. The first-order chi connectivity index (χ1) is 12.5. The Morgan fingerprint density at radius 3 is 2.59 bits per heavy atom. The standard InChI is InChI=1S/C22H32O5/c1-12(23)27-14-5-7-20(2)13(9-14)10-16(24)18-15-6-8-22(4,26)21(15,3)11-17(25)19(18)20/h10,14-16,18-19,24,26H,5-9,11H2,1-4H3/t14?,15?,16?,18?,19?,20?,21?,22-/m0/s1. The van der Waals surface area contributed by atoms with Crippen LogP contribution < -0.4 is 0 Å².